The zero-order valence-electron chi connectivity index (χ0n) is 17.2. The fraction of sp³-hybridized carbons (Fsp3) is 0.304. The molecule has 0 saturated carbocycles. The van der Waals surface area contributed by atoms with Crippen LogP contribution in [0.3, 0.4) is 0 Å². The highest BCUT2D eigenvalue weighted by Crippen LogP contribution is 2.45. The molecule has 6 heteroatoms. The van der Waals surface area contributed by atoms with Crippen molar-refractivity contribution in [2.45, 2.75) is 31.7 Å². The first-order chi connectivity index (χ1) is 13.7. The number of aliphatic hydroxyl groups is 1. The van der Waals surface area contributed by atoms with E-state index in [4.69, 9.17) is 4.74 Å². The summed E-state index contributed by atoms with van der Waals surface area (Å²) < 4.78 is 5.51. The lowest BCUT2D eigenvalue weighted by Crippen LogP contribution is -2.33. The molecular formula is C23H25NO4S. The van der Waals surface area contributed by atoms with E-state index in [9.17, 15) is 14.7 Å². The van der Waals surface area contributed by atoms with E-state index in [2.05, 4.69) is 0 Å². The Morgan fingerprint density at radius 3 is 2.28 bits per heavy atom. The number of Topliss-reactive ketones (excluding diaryl/α,β-unsaturated/α-hetero) is 1. The summed E-state index contributed by atoms with van der Waals surface area (Å²) in [6, 6.07) is 13.9. The van der Waals surface area contributed by atoms with Crippen molar-refractivity contribution in [2.75, 3.05) is 18.3 Å². The molecule has 1 amide bonds. The molecule has 0 aromatic heterocycles. The maximum absolute atomic E-state index is 13.2. The number of aliphatic hydroxyl groups excluding tert-OH is 1. The summed E-state index contributed by atoms with van der Waals surface area (Å²) in [4.78, 5) is 28.9. The van der Waals surface area contributed by atoms with Crippen LogP contribution in [0, 0.1) is 5.41 Å². The highest BCUT2D eigenvalue weighted by molar-refractivity contribution is 7.98. The molecule has 1 aliphatic rings. The van der Waals surface area contributed by atoms with Gasteiger partial charge in [-0.05, 0) is 36.6 Å². The van der Waals surface area contributed by atoms with Crippen molar-refractivity contribution >= 4 is 29.1 Å². The Bertz CT molecular complexity index is 973. The van der Waals surface area contributed by atoms with Gasteiger partial charge in [0.2, 0.25) is 0 Å². The minimum Gasteiger partial charge on any atom is -0.503 e. The molecule has 0 bridgehead atoms. The van der Waals surface area contributed by atoms with Crippen molar-refractivity contribution in [3.63, 3.8) is 0 Å². The van der Waals surface area contributed by atoms with Gasteiger partial charge in [-0.3, -0.25) is 14.5 Å². The second kappa shape index (κ2) is 7.95. The highest BCUT2D eigenvalue weighted by Gasteiger charge is 2.47. The Balaban J connectivity index is 2.22. The third-order valence-electron chi connectivity index (χ3n) is 4.92. The third kappa shape index (κ3) is 3.77. The number of hydrogen-bond acceptors (Lipinski definition) is 5. The monoisotopic (exact) mass is 411 g/mol. The van der Waals surface area contributed by atoms with E-state index in [-0.39, 0.29) is 11.4 Å². The number of benzene rings is 2. The van der Waals surface area contributed by atoms with Crippen LogP contribution in [0.5, 0.6) is 5.75 Å². The number of hydrogen-bond donors (Lipinski definition) is 1. The number of rotatable bonds is 5. The van der Waals surface area contributed by atoms with Crippen LogP contribution in [-0.4, -0.2) is 30.2 Å². The van der Waals surface area contributed by atoms with Crippen LogP contribution in [-0.2, 0) is 9.59 Å². The van der Waals surface area contributed by atoms with Crippen LogP contribution >= 0.6 is 11.8 Å². The number of ether oxygens (including phenoxy) is 1. The standard InChI is InChI=1S/C23H25NO4S/c1-23(2,3)21(26)18-19(16-8-6-7-9-17(16)28-4)24(22(27)20(18)25)14-10-12-15(29-5)13-11-14/h6-13,19,25H,1-5H3. The summed E-state index contributed by atoms with van der Waals surface area (Å²) >= 11 is 1.60. The van der Waals surface area contributed by atoms with Crippen LogP contribution in [0.25, 0.3) is 0 Å². The largest absolute Gasteiger partial charge is 0.503 e. The number of methoxy groups -OCH3 is 1. The summed E-state index contributed by atoms with van der Waals surface area (Å²) in [5.41, 5.74) is 0.588. The van der Waals surface area contributed by atoms with Crippen molar-refractivity contribution in [3.8, 4) is 5.75 Å². The SMILES string of the molecule is COc1ccccc1C1C(C(=O)C(C)(C)C)=C(O)C(=O)N1c1ccc(SC)cc1. The lowest BCUT2D eigenvalue weighted by atomic mass is 9.82. The molecular weight excluding hydrogens is 386 g/mol. The molecule has 0 spiro atoms. The van der Waals surface area contributed by atoms with Gasteiger partial charge in [0.05, 0.1) is 18.7 Å². The van der Waals surface area contributed by atoms with Crippen LogP contribution in [0.2, 0.25) is 0 Å². The predicted octanol–water partition coefficient (Wildman–Crippen LogP) is 4.93. The van der Waals surface area contributed by atoms with E-state index < -0.39 is 23.1 Å². The topological polar surface area (TPSA) is 66.8 Å². The molecule has 1 N–H and O–H groups in total. The Morgan fingerprint density at radius 1 is 1.10 bits per heavy atom. The van der Waals surface area contributed by atoms with Crippen molar-refractivity contribution in [3.05, 3.63) is 65.4 Å². The van der Waals surface area contributed by atoms with Gasteiger partial charge in [0, 0.05) is 21.6 Å². The van der Waals surface area contributed by atoms with E-state index in [0.29, 0.717) is 17.0 Å². The second-order valence-corrected chi connectivity index (χ2v) is 8.74. The zero-order chi connectivity index (χ0) is 21.3. The summed E-state index contributed by atoms with van der Waals surface area (Å²) in [5.74, 6) is -0.826. The molecule has 152 valence electrons. The fourth-order valence-electron chi connectivity index (χ4n) is 3.44. The van der Waals surface area contributed by atoms with Gasteiger partial charge in [0.25, 0.3) is 5.91 Å². The predicted molar refractivity (Wildman–Crippen MR) is 116 cm³/mol. The van der Waals surface area contributed by atoms with Crippen LogP contribution in [0.15, 0.2) is 64.8 Å². The van der Waals surface area contributed by atoms with E-state index in [1.807, 2.05) is 48.7 Å². The second-order valence-electron chi connectivity index (χ2n) is 7.86. The highest BCUT2D eigenvalue weighted by atomic mass is 32.2. The first-order valence-electron chi connectivity index (χ1n) is 9.29. The molecule has 2 aromatic carbocycles. The molecule has 1 atom stereocenters. The van der Waals surface area contributed by atoms with Gasteiger partial charge in [0.1, 0.15) is 5.75 Å². The first kappa shape index (κ1) is 21.0. The summed E-state index contributed by atoms with van der Waals surface area (Å²) in [6.45, 7) is 5.32. The van der Waals surface area contributed by atoms with E-state index in [1.165, 1.54) is 4.90 Å². The molecule has 1 unspecified atom stereocenters. The molecule has 2 aromatic rings. The number of anilines is 1. The lowest BCUT2D eigenvalue weighted by Gasteiger charge is -2.29. The minimum atomic E-state index is -0.773. The van der Waals surface area contributed by atoms with Crippen LogP contribution in [0.4, 0.5) is 5.69 Å². The zero-order valence-corrected chi connectivity index (χ0v) is 18.0. The summed E-state index contributed by atoms with van der Waals surface area (Å²) in [7, 11) is 1.54. The van der Waals surface area contributed by atoms with Crippen molar-refractivity contribution < 1.29 is 19.4 Å². The Hall–Kier alpha value is -2.73. The van der Waals surface area contributed by atoms with Crippen molar-refractivity contribution in [2.24, 2.45) is 5.41 Å². The lowest BCUT2D eigenvalue weighted by molar-refractivity contribution is -0.123. The first-order valence-corrected chi connectivity index (χ1v) is 10.5. The number of carbonyl (C=O) groups is 2. The van der Waals surface area contributed by atoms with E-state index in [0.717, 1.165) is 4.90 Å². The molecule has 1 heterocycles. The average Bonchev–Trinajstić information content (AvgIpc) is 2.97. The van der Waals surface area contributed by atoms with E-state index >= 15 is 0 Å². The number of amides is 1. The number of thioether (sulfide) groups is 1. The molecule has 0 aliphatic carbocycles. The van der Waals surface area contributed by atoms with Gasteiger partial charge in [0.15, 0.2) is 11.5 Å². The smallest absolute Gasteiger partial charge is 0.294 e. The average molecular weight is 412 g/mol. The quantitative estimate of drug-likeness (QED) is 0.707. The maximum Gasteiger partial charge on any atom is 0.294 e. The molecule has 0 saturated heterocycles. The minimum absolute atomic E-state index is 0.0981. The van der Waals surface area contributed by atoms with Crippen molar-refractivity contribution in [1.82, 2.24) is 0 Å². The van der Waals surface area contributed by atoms with Crippen molar-refractivity contribution in [1.29, 1.82) is 0 Å². The van der Waals surface area contributed by atoms with E-state index in [1.54, 1.807) is 45.7 Å². The molecule has 0 fully saturated rings. The summed E-state index contributed by atoms with van der Waals surface area (Å²) in [6.07, 6.45) is 1.97. The molecule has 1 aliphatic heterocycles. The normalized spacial score (nSPS) is 17.1. The van der Waals surface area contributed by atoms with Gasteiger partial charge in [-0.25, -0.2) is 0 Å². The van der Waals surface area contributed by atoms with Crippen LogP contribution in [0.1, 0.15) is 32.4 Å². The van der Waals surface area contributed by atoms with Crippen LogP contribution < -0.4 is 9.64 Å². The Labute approximate surface area is 175 Å². The molecule has 29 heavy (non-hydrogen) atoms. The summed E-state index contributed by atoms with van der Waals surface area (Å²) in [5, 5.41) is 10.7. The van der Waals surface area contributed by atoms with Gasteiger partial charge in [-0.1, -0.05) is 39.0 Å². The van der Waals surface area contributed by atoms with Gasteiger partial charge in [-0.15, -0.1) is 11.8 Å². The van der Waals surface area contributed by atoms with Gasteiger partial charge < -0.3 is 9.84 Å². The number of ketones is 1. The molecule has 5 nitrogen and oxygen atoms in total. The maximum atomic E-state index is 13.2. The number of nitrogens with zero attached hydrogens (tertiary/aromatic N) is 1. The molecule has 0 radical (unpaired) electrons. The fourth-order valence-corrected chi connectivity index (χ4v) is 3.85. The Kier molecular flexibility index (Phi) is 5.75. The number of carbonyl (C=O) groups excluding carboxylic acids is 2. The molecule has 3 rings (SSSR count). The number of para-hydroxylation sites is 1. The van der Waals surface area contributed by atoms with Gasteiger partial charge in [-0.2, -0.15) is 0 Å². The van der Waals surface area contributed by atoms with Gasteiger partial charge >= 0.3 is 0 Å². The third-order valence-corrected chi connectivity index (χ3v) is 5.66. The Morgan fingerprint density at radius 2 is 1.72 bits per heavy atom.